The highest BCUT2D eigenvalue weighted by Gasteiger charge is 2.42. The van der Waals surface area contributed by atoms with E-state index in [0.29, 0.717) is 12.1 Å². The SMILES string of the molecule is c1nc(CNC2CC2)n(CC2CCC3(CCCC3)O2)n1. The lowest BCUT2D eigenvalue weighted by Crippen LogP contribution is -2.28. The van der Waals surface area contributed by atoms with Crippen LogP contribution >= 0.6 is 0 Å². The zero-order chi connectivity index (χ0) is 13.4. The molecular weight excluding hydrogens is 252 g/mol. The minimum atomic E-state index is 0.220. The molecule has 2 saturated carbocycles. The first kappa shape index (κ1) is 12.8. The van der Waals surface area contributed by atoms with Gasteiger partial charge in [0.05, 0.1) is 24.8 Å². The molecule has 1 unspecified atom stereocenters. The van der Waals surface area contributed by atoms with Crippen molar-refractivity contribution in [2.45, 2.75) is 82.2 Å². The number of ether oxygens (including phenoxy) is 1. The summed E-state index contributed by atoms with van der Waals surface area (Å²) in [5.74, 6) is 1.05. The second-order valence-electron chi connectivity index (χ2n) is 6.68. The van der Waals surface area contributed by atoms with E-state index in [9.17, 15) is 0 Å². The first-order chi connectivity index (χ1) is 9.83. The van der Waals surface area contributed by atoms with Crippen LogP contribution in [0.5, 0.6) is 0 Å². The molecule has 5 nitrogen and oxygen atoms in total. The molecule has 1 aliphatic heterocycles. The van der Waals surface area contributed by atoms with Gasteiger partial charge in [0, 0.05) is 6.04 Å². The van der Waals surface area contributed by atoms with Crippen LogP contribution in [0.15, 0.2) is 6.33 Å². The lowest BCUT2D eigenvalue weighted by Gasteiger charge is -2.23. The Balaban J connectivity index is 1.35. The summed E-state index contributed by atoms with van der Waals surface area (Å²) in [6, 6.07) is 0.713. The summed E-state index contributed by atoms with van der Waals surface area (Å²) in [5, 5.41) is 7.89. The van der Waals surface area contributed by atoms with E-state index in [2.05, 4.69) is 15.4 Å². The Hall–Kier alpha value is -0.940. The quantitative estimate of drug-likeness (QED) is 0.894. The minimum Gasteiger partial charge on any atom is -0.370 e. The highest BCUT2D eigenvalue weighted by Crippen LogP contribution is 2.43. The van der Waals surface area contributed by atoms with E-state index < -0.39 is 0 Å². The van der Waals surface area contributed by atoms with E-state index in [4.69, 9.17) is 4.74 Å². The molecule has 0 aromatic carbocycles. The van der Waals surface area contributed by atoms with Crippen LogP contribution in [0.4, 0.5) is 0 Å². The van der Waals surface area contributed by atoms with Crippen molar-refractivity contribution in [3.05, 3.63) is 12.2 Å². The highest BCUT2D eigenvalue weighted by atomic mass is 16.5. The second kappa shape index (κ2) is 5.11. The van der Waals surface area contributed by atoms with Gasteiger partial charge in [0.1, 0.15) is 12.2 Å². The van der Waals surface area contributed by atoms with Crippen molar-refractivity contribution in [2.75, 3.05) is 0 Å². The number of hydrogen-bond acceptors (Lipinski definition) is 4. The molecule has 5 heteroatoms. The van der Waals surface area contributed by atoms with Crippen molar-refractivity contribution in [3.63, 3.8) is 0 Å². The maximum absolute atomic E-state index is 6.37. The Kier molecular flexibility index (Phi) is 3.27. The fourth-order valence-electron chi connectivity index (χ4n) is 3.70. The molecule has 0 radical (unpaired) electrons. The van der Waals surface area contributed by atoms with Crippen LogP contribution in [0.25, 0.3) is 0 Å². The Morgan fingerprint density at radius 1 is 1.25 bits per heavy atom. The van der Waals surface area contributed by atoms with Crippen LogP contribution in [0.3, 0.4) is 0 Å². The maximum atomic E-state index is 6.37. The van der Waals surface area contributed by atoms with Gasteiger partial charge < -0.3 is 10.1 Å². The molecule has 20 heavy (non-hydrogen) atoms. The van der Waals surface area contributed by atoms with Crippen LogP contribution in [0.2, 0.25) is 0 Å². The molecular formula is C15H24N4O. The topological polar surface area (TPSA) is 52.0 Å². The standard InChI is InChI=1S/C15H24N4O/c1-2-7-15(6-1)8-5-13(20-15)10-19-14(17-11-18-19)9-16-12-3-4-12/h11-13,16H,1-10H2. The molecule has 1 N–H and O–H groups in total. The molecule has 1 spiro atoms. The van der Waals surface area contributed by atoms with E-state index in [-0.39, 0.29) is 5.60 Å². The summed E-state index contributed by atoms with van der Waals surface area (Å²) in [6.07, 6.45) is 12.2. The van der Waals surface area contributed by atoms with Crippen molar-refractivity contribution in [1.82, 2.24) is 20.1 Å². The fraction of sp³-hybridized carbons (Fsp3) is 0.867. The van der Waals surface area contributed by atoms with Gasteiger partial charge in [0.2, 0.25) is 0 Å². The lowest BCUT2D eigenvalue weighted by atomic mass is 9.98. The third-order valence-corrected chi connectivity index (χ3v) is 5.05. The smallest absolute Gasteiger partial charge is 0.140 e. The van der Waals surface area contributed by atoms with Crippen molar-refractivity contribution in [3.8, 4) is 0 Å². The van der Waals surface area contributed by atoms with E-state index in [1.54, 1.807) is 6.33 Å². The summed E-state index contributed by atoms with van der Waals surface area (Å²) >= 11 is 0. The number of hydrogen-bond donors (Lipinski definition) is 1. The number of nitrogens with zero attached hydrogens (tertiary/aromatic N) is 3. The highest BCUT2D eigenvalue weighted by molar-refractivity contribution is 4.94. The van der Waals surface area contributed by atoms with Gasteiger partial charge in [-0.3, -0.25) is 0 Å². The average Bonchev–Trinajstić information content (AvgIpc) is 2.88. The normalized spacial score (nSPS) is 28.5. The largest absolute Gasteiger partial charge is 0.370 e. The molecule has 0 amide bonds. The number of rotatable bonds is 5. The molecule has 1 atom stereocenters. The van der Waals surface area contributed by atoms with Crippen LogP contribution < -0.4 is 5.32 Å². The van der Waals surface area contributed by atoms with Gasteiger partial charge >= 0.3 is 0 Å². The van der Waals surface area contributed by atoms with Crippen LogP contribution in [0, 0.1) is 0 Å². The summed E-state index contributed by atoms with van der Waals surface area (Å²) in [4.78, 5) is 4.38. The molecule has 2 heterocycles. The van der Waals surface area contributed by atoms with E-state index in [0.717, 1.165) is 18.9 Å². The van der Waals surface area contributed by atoms with Crippen LogP contribution in [-0.2, 0) is 17.8 Å². The van der Waals surface area contributed by atoms with E-state index >= 15 is 0 Å². The van der Waals surface area contributed by atoms with Crippen molar-refractivity contribution in [2.24, 2.45) is 0 Å². The van der Waals surface area contributed by atoms with Gasteiger partial charge in [-0.2, -0.15) is 5.10 Å². The molecule has 1 aromatic heterocycles. The van der Waals surface area contributed by atoms with Gasteiger partial charge in [-0.1, -0.05) is 12.8 Å². The van der Waals surface area contributed by atoms with Gasteiger partial charge in [-0.05, 0) is 38.5 Å². The second-order valence-corrected chi connectivity index (χ2v) is 6.68. The Bertz CT molecular complexity index is 462. The van der Waals surface area contributed by atoms with Crippen molar-refractivity contribution >= 4 is 0 Å². The third-order valence-electron chi connectivity index (χ3n) is 5.05. The number of aromatic nitrogens is 3. The van der Waals surface area contributed by atoms with E-state index in [1.165, 1.54) is 51.4 Å². The summed E-state index contributed by atoms with van der Waals surface area (Å²) in [5.41, 5.74) is 0.220. The zero-order valence-electron chi connectivity index (χ0n) is 12.1. The van der Waals surface area contributed by atoms with Crippen LogP contribution in [-0.4, -0.2) is 32.5 Å². The monoisotopic (exact) mass is 276 g/mol. The van der Waals surface area contributed by atoms with Gasteiger partial charge in [-0.25, -0.2) is 9.67 Å². The fourth-order valence-corrected chi connectivity index (χ4v) is 3.70. The maximum Gasteiger partial charge on any atom is 0.140 e. The molecule has 2 aliphatic carbocycles. The number of nitrogens with one attached hydrogen (secondary N) is 1. The van der Waals surface area contributed by atoms with E-state index in [1.807, 2.05) is 4.68 Å². The lowest BCUT2D eigenvalue weighted by molar-refractivity contribution is -0.0432. The predicted molar refractivity (Wildman–Crippen MR) is 75.2 cm³/mol. The molecule has 0 bridgehead atoms. The van der Waals surface area contributed by atoms with Crippen molar-refractivity contribution < 1.29 is 4.74 Å². The molecule has 3 aliphatic rings. The Morgan fingerprint density at radius 3 is 2.90 bits per heavy atom. The first-order valence-corrected chi connectivity index (χ1v) is 8.11. The van der Waals surface area contributed by atoms with Gasteiger partial charge in [-0.15, -0.1) is 0 Å². The molecule has 110 valence electrons. The van der Waals surface area contributed by atoms with Crippen LogP contribution in [0.1, 0.15) is 57.2 Å². The van der Waals surface area contributed by atoms with Crippen molar-refractivity contribution in [1.29, 1.82) is 0 Å². The van der Waals surface area contributed by atoms with Gasteiger partial charge in [0.15, 0.2) is 0 Å². The zero-order valence-corrected chi connectivity index (χ0v) is 12.1. The van der Waals surface area contributed by atoms with Gasteiger partial charge in [0.25, 0.3) is 0 Å². The minimum absolute atomic E-state index is 0.220. The third kappa shape index (κ3) is 2.61. The molecule has 3 fully saturated rings. The summed E-state index contributed by atoms with van der Waals surface area (Å²) in [6.45, 7) is 1.70. The first-order valence-electron chi connectivity index (χ1n) is 8.11. The average molecular weight is 276 g/mol. The summed E-state index contributed by atoms with van der Waals surface area (Å²) < 4.78 is 8.40. The predicted octanol–water partition coefficient (Wildman–Crippen LogP) is 2.02. The molecule has 4 rings (SSSR count). The Morgan fingerprint density at radius 2 is 2.10 bits per heavy atom. The summed E-state index contributed by atoms with van der Waals surface area (Å²) in [7, 11) is 0. The molecule has 1 aromatic rings. The molecule has 1 saturated heterocycles. The Labute approximate surface area is 120 Å².